The van der Waals surface area contributed by atoms with Crippen molar-refractivity contribution in [2.75, 3.05) is 10.0 Å². The molecule has 0 spiro atoms. The van der Waals surface area contributed by atoms with Gasteiger partial charge in [0.1, 0.15) is 0 Å². The molecule has 0 aliphatic heterocycles. The number of para-hydroxylation sites is 1. The molecule has 0 radical (unpaired) electrons. The Morgan fingerprint density at radius 1 is 1.05 bits per heavy atom. The SMILES string of the molecule is O=C(Nc1ccccc1)C(Cl)(Cl)SNc1ccc(Cl)cc1Cl. The van der Waals surface area contributed by atoms with Crippen LogP contribution in [0.3, 0.4) is 0 Å². The number of rotatable bonds is 5. The molecular weight excluding hydrogens is 386 g/mol. The Morgan fingerprint density at radius 2 is 1.73 bits per heavy atom. The van der Waals surface area contributed by atoms with Crippen LogP contribution >= 0.6 is 58.4 Å². The van der Waals surface area contributed by atoms with Gasteiger partial charge in [-0.05, 0) is 42.3 Å². The standard InChI is InChI=1S/C14H10Cl4N2OS/c15-9-6-7-12(11(16)8-9)20-22-14(17,18)13(21)19-10-4-2-1-3-5-10/h1-8,20H,(H,19,21). The zero-order valence-corrected chi connectivity index (χ0v) is 14.8. The molecule has 2 N–H and O–H groups in total. The number of hydrogen-bond donors (Lipinski definition) is 2. The van der Waals surface area contributed by atoms with Crippen molar-refractivity contribution < 1.29 is 4.79 Å². The molecule has 22 heavy (non-hydrogen) atoms. The van der Waals surface area contributed by atoms with Crippen molar-refractivity contribution in [2.45, 2.75) is 3.67 Å². The third-order valence-corrected chi connectivity index (χ3v) is 4.63. The van der Waals surface area contributed by atoms with Crippen LogP contribution in [-0.2, 0) is 4.79 Å². The molecule has 116 valence electrons. The van der Waals surface area contributed by atoms with Gasteiger partial charge < -0.3 is 10.0 Å². The molecule has 0 fully saturated rings. The summed E-state index contributed by atoms with van der Waals surface area (Å²) >= 11 is 24.8. The van der Waals surface area contributed by atoms with Crippen LogP contribution in [0.1, 0.15) is 0 Å². The normalized spacial score (nSPS) is 11.1. The van der Waals surface area contributed by atoms with Gasteiger partial charge in [-0.1, -0.05) is 64.6 Å². The zero-order chi connectivity index (χ0) is 16.2. The molecule has 2 aromatic rings. The van der Waals surface area contributed by atoms with Gasteiger partial charge in [0.2, 0.25) is 0 Å². The highest BCUT2D eigenvalue weighted by Crippen LogP contribution is 2.38. The van der Waals surface area contributed by atoms with E-state index in [0.29, 0.717) is 21.4 Å². The second kappa shape index (κ2) is 7.66. The molecule has 0 atom stereocenters. The largest absolute Gasteiger partial charge is 0.326 e. The number of hydrogen-bond acceptors (Lipinski definition) is 3. The van der Waals surface area contributed by atoms with Crippen LogP contribution in [0.5, 0.6) is 0 Å². The van der Waals surface area contributed by atoms with Crippen LogP contribution in [0, 0.1) is 0 Å². The molecule has 0 aliphatic carbocycles. The molecule has 0 aromatic heterocycles. The minimum Gasteiger partial charge on any atom is -0.326 e. The summed E-state index contributed by atoms with van der Waals surface area (Å²) in [4.78, 5) is 12.1. The summed E-state index contributed by atoms with van der Waals surface area (Å²) in [5.74, 6) is -0.565. The van der Waals surface area contributed by atoms with Crippen LogP contribution in [0.4, 0.5) is 11.4 Å². The van der Waals surface area contributed by atoms with E-state index in [4.69, 9.17) is 46.4 Å². The molecule has 2 aromatic carbocycles. The lowest BCUT2D eigenvalue weighted by atomic mass is 10.3. The highest BCUT2D eigenvalue weighted by atomic mass is 35.5. The summed E-state index contributed by atoms with van der Waals surface area (Å²) < 4.78 is 1.11. The topological polar surface area (TPSA) is 41.1 Å². The van der Waals surface area contributed by atoms with E-state index in [-0.39, 0.29) is 0 Å². The van der Waals surface area contributed by atoms with Crippen LogP contribution in [-0.4, -0.2) is 9.57 Å². The van der Waals surface area contributed by atoms with E-state index in [1.54, 1.807) is 42.5 Å². The number of halogens is 4. The molecular formula is C14H10Cl4N2OS. The van der Waals surface area contributed by atoms with Gasteiger partial charge in [-0.2, -0.15) is 0 Å². The monoisotopic (exact) mass is 394 g/mol. The Hall–Kier alpha value is -0.780. The number of nitrogens with one attached hydrogen (secondary N) is 2. The fourth-order valence-electron chi connectivity index (χ4n) is 1.46. The minimum absolute atomic E-state index is 0.396. The maximum Gasteiger partial charge on any atom is 0.273 e. The summed E-state index contributed by atoms with van der Waals surface area (Å²) in [7, 11) is 0. The third kappa shape index (κ3) is 4.86. The summed E-state index contributed by atoms with van der Waals surface area (Å²) in [6.45, 7) is 0. The van der Waals surface area contributed by atoms with E-state index >= 15 is 0 Å². The highest BCUT2D eigenvalue weighted by molar-refractivity contribution is 8.05. The molecule has 1 amide bonds. The van der Waals surface area contributed by atoms with Crippen LogP contribution in [0.15, 0.2) is 48.5 Å². The van der Waals surface area contributed by atoms with Crippen molar-refractivity contribution in [1.82, 2.24) is 0 Å². The molecule has 0 heterocycles. The van der Waals surface area contributed by atoms with E-state index in [0.717, 1.165) is 11.9 Å². The third-order valence-electron chi connectivity index (χ3n) is 2.52. The molecule has 0 aliphatic rings. The number of anilines is 2. The van der Waals surface area contributed by atoms with E-state index in [9.17, 15) is 4.79 Å². The van der Waals surface area contributed by atoms with Crippen molar-refractivity contribution in [3.05, 3.63) is 58.6 Å². The molecule has 0 bridgehead atoms. The highest BCUT2D eigenvalue weighted by Gasteiger charge is 2.35. The van der Waals surface area contributed by atoms with Crippen molar-refractivity contribution in [2.24, 2.45) is 0 Å². The first-order valence-electron chi connectivity index (χ1n) is 6.02. The molecule has 3 nitrogen and oxygen atoms in total. The Balaban J connectivity index is 1.99. The summed E-state index contributed by atoms with van der Waals surface area (Å²) in [6.07, 6.45) is 0. The van der Waals surface area contributed by atoms with E-state index < -0.39 is 9.57 Å². The lowest BCUT2D eigenvalue weighted by molar-refractivity contribution is -0.115. The molecule has 0 saturated carbocycles. The Kier molecular flexibility index (Phi) is 6.12. The summed E-state index contributed by atoms with van der Waals surface area (Å²) in [5.41, 5.74) is 1.15. The molecule has 0 saturated heterocycles. The van der Waals surface area contributed by atoms with Crippen molar-refractivity contribution >= 4 is 75.6 Å². The van der Waals surface area contributed by atoms with E-state index in [2.05, 4.69) is 10.0 Å². The maximum atomic E-state index is 12.1. The minimum atomic E-state index is -1.74. The lowest BCUT2D eigenvalue weighted by Crippen LogP contribution is -2.30. The van der Waals surface area contributed by atoms with Crippen molar-refractivity contribution in [1.29, 1.82) is 0 Å². The number of amides is 1. The Morgan fingerprint density at radius 3 is 2.36 bits per heavy atom. The van der Waals surface area contributed by atoms with Gasteiger partial charge in [-0.15, -0.1) is 0 Å². The first-order valence-corrected chi connectivity index (χ1v) is 8.35. The molecule has 8 heteroatoms. The molecule has 0 unspecified atom stereocenters. The average Bonchev–Trinajstić information content (AvgIpc) is 2.47. The average molecular weight is 396 g/mol. The summed E-state index contributed by atoms with van der Waals surface area (Å²) in [6, 6.07) is 13.8. The maximum absolute atomic E-state index is 12.1. The van der Waals surface area contributed by atoms with Gasteiger partial charge in [0.05, 0.1) is 10.7 Å². The second-order valence-corrected chi connectivity index (χ2v) is 7.81. The van der Waals surface area contributed by atoms with Gasteiger partial charge >= 0.3 is 0 Å². The fraction of sp³-hybridized carbons (Fsp3) is 0.0714. The predicted octanol–water partition coefficient (Wildman–Crippen LogP) is 5.82. The Labute approximate surface area is 152 Å². The van der Waals surface area contributed by atoms with Gasteiger partial charge in [0, 0.05) is 10.7 Å². The first kappa shape index (κ1) is 17.6. The van der Waals surface area contributed by atoms with Crippen LogP contribution < -0.4 is 10.0 Å². The van der Waals surface area contributed by atoms with Crippen LogP contribution in [0.2, 0.25) is 10.0 Å². The number of carbonyl (C=O) groups excluding carboxylic acids is 1. The second-order valence-electron chi connectivity index (χ2n) is 4.17. The molecule has 2 rings (SSSR count). The quantitative estimate of drug-likeness (QED) is 0.494. The van der Waals surface area contributed by atoms with Gasteiger partial charge in [0.25, 0.3) is 9.57 Å². The summed E-state index contributed by atoms with van der Waals surface area (Å²) in [5, 5.41) is 3.53. The lowest BCUT2D eigenvalue weighted by Gasteiger charge is -2.19. The number of alkyl halides is 2. The Bertz CT molecular complexity index is 667. The zero-order valence-electron chi connectivity index (χ0n) is 10.9. The number of benzene rings is 2. The van der Waals surface area contributed by atoms with Gasteiger partial charge in [0.15, 0.2) is 0 Å². The van der Waals surface area contributed by atoms with Crippen LogP contribution in [0.25, 0.3) is 0 Å². The van der Waals surface area contributed by atoms with Gasteiger partial charge in [-0.3, -0.25) is 4.79 Å². The van der Waals surface area contributed by atoms with E-state index in [1.807, 2.05) is 6.07 Å². The van der Waals surface area contributed by atoms with Crippen molar-refractivity contribution in [3.8, 4) is 0 Å². The van der Waals surface area contributed by atoms with E-state index in [1.165, 1.54) is 0 Å². The first-order chi connectivity index (χ1) is 10.4. The van der Waals surface area contributed by atoms with Crippen molar-refractivity contribution in [3.63, 3.8) is 0 Å². The van der Waals surface area contributed by atoms with Gasteiger partial charge in [-0.25, -0.2) is 0 Å². The smallest absolute Gasteiger partial charge is 0.273 e. The fourth-order valence-corrected chi connectivity index (χ4v) is 2.86. The number of carbonyl (C=O) groups is 1. The predicted molar refractivity (Wildman–Crippen MR) is 97.2 cm³/mol.